The molecule has 0 aliphatic rings. The molecule has 326 valence electrons. The van der Waals surface area contributed by atoms with Crippen LogP contribution in [0.1, 0.15) is 6.42 Å². The van der Waals surface area contributed by atoms with Crippen molar-refractivity contribution in [1.82, 2.24) is 0 Å². The highest BCUT2D eigenvalue weighted by Gasteiger charge is 2.83. The van der Waals surface area contributed by atoms with Crippen molar-refractivity contribution in [3.63, 3.8) is 0 Å². The highest BCUT2D eigenvalue weighted by atomic mass is 28.4. The van der Waals surface area contributed by atoms with Gasteiger partial charge in [-0.3, -0.25) is 9.47 Å². The van der Waals surface area contributed by atoms with Gasteiger partial charge in [0.05, 0.1) is 8.07 Å². The molecule has 0 fully saturated rings. The Morgan fingerprint density at radius 2 is 0.741 bits per heavy atom. The maximum atomic E-state index is 15.5. The lowest BCUT2D eigenvalue weighted by Crippen LogP contribution is -2.66. The second-order valence-corrected chi connectivity index (χ2v) is 22.4. The van der Waals surface area contributed by atoms with Crippen molar-refractivity contribution >= 4 is 25.7 Å². The van der Waals surface area contributed by atoms with Gasteiger partial charge in [0.15, 0.2) is 0 Å². The highest BCUT2D eigenvalue weighted by Crippen LogP contribution is 2.56. The summed E-state index contributed by atoms with van der Waals surface area (Å²) >= 11 is 0. The average Bonchev–Trinajstić information content (AvgIpc) is 2.98. The van der Waals surface area contributed by atoms with Crippen LogP contribution in [0.2, 0.25) is 36.8 Å². The van der Waals surface area contributed by atoms with Crippen molar-refractivity contribution < 1.29 is 129 Å². The van der Waals surface area contributed by atoms with Gasteiger partial charge in [0, 0.05) is 61.2 Å². The fourth-order valence-electron chi connectivity index (χ4n) is 4.26. The largest absolute Gasteiger partial charge is 0.529 e. The van der Waals surface area contributed by atoms with E-state index in [4.69, 9.17) is 26.6 Å². The molecule has 32 heteroatoms. The minimum absolute atomic E-state index is 0.295. The molecule has 0 rings (SSSR count). The molecule has 0 amide bonds. The molecule has 0 spiro atoms. The van der Waals surface area contributed by atoms with E-state index in [-0.39, 0.29) is 24.2 Å². The molecule has 0 saturated heterocycles. The van der Waals surface area contributed by atoms with E-state index < -0.39 is 93.2 Å². The second kappa shape index (κ2) is 17.8. The maximum absolute atomic E-state index is 15.5. The van der Waals surface area contributed by atoms with Gasteiger partial charge < -0.3 is 26.6 Å². The van der Waals surface area contributed by atoms with Gasteiger partial charge >= 0.3 is 72.7 Å². The zero-order valence-corrected chi connectivity index (χ0v) is 31.5. The fourth-order valence-corrected chi connectivity index (χ4v) is 15.4. The SMILES string of the molecule is CO[Si](CC[Si](C)(CCC(F)(OC(F)(F)C(F)(OC(F)(F)C(F)(F)OC(F)(F)OC(F)(F)F)C(F)(F)F)C(F)(F)F)CC[Si](OC)(OC)OC)(OC)OC. The van der Waals surface area contributed by atoms with E-state index in [1.807, 2.05) is 0 Å². The van der Waals surface area contributed by atoms with Gasteiger partial charge in [-0.15, -0.1) is 22.0 Å². The van der Waals surface area contributed by atoms with E-state index in [1.165, 1.54) is 6.55 Å². The van der Waals surface area contributed by atoms with Crippen LogP contribution in [0.4, 0.5) is 83.4 Å². The van der Waals surface area contributed by atoms with Crippen LogP contribution in [0.3, 0.4) is 0 Å². The minimum atomic E-state index is -8.04. The molecule has 0 aromatic heterocycles. The molecule has 2 unspecified atom stereocenters. The van der Waals surface area contributed by atoms with E-state index >= 15 is 4.39 Å². The van der Waals surface area contributed by atoms with Gasteiger partial charge in [-0.1, -0.05) is 24.7 Å². The molecule has 0 aliphatic carbocycles. The summed E-state index contributed by atoms with van der Waals surface area (Å²) in [5.41, 5.74) is 0. The molecule has 0 bridgehead atoms. The molecule has 54 heavy (non-hydrogen) atoms. The summed E-state index contributed by atoms with van der Waals surface area (Å²) in [5.74, 6) is -14.2. The third-order valence-corrected chi connectivity index (χ3v) is 18.4. The van der Waals surface area contributed by atoms with E-state index in [1.54, 1.807) is 14.2 Å². The number of rotatable bonds is 24. The number of hydrogen-bond acceptors (Lipinski definition) is 10. The fraction of sp³-hybridized carbons (Fsp3) is 1.00. The predicted molar refractivity (Wildman–Crippen MR) is 144 cm³/mol. The quantitative estimate of drug-likeness (QED) is 0.0533. The summed E-state index contributed by atoms with van der Waals surface area (Å²) in [6, 6.07) is -2.52. The van der Waals surface area contributed by atoms with Crippen LogP contribution in [0, 0.1) is 0 Å². The molecule has 0 N–H and O–H groups in total. The van der Waals surface area contributed by atoms with Crippen LogP contribution in [0.5, 0.6) is 0 Å². The van der Waals surface area contributed by atoms with E-state index in [0.29, 0.717) is 0 Å². The highest BCUT2D eigenvalue weighted by molar-refractivity contribution is 6.81. The van der Waals surface area contributed by atoms with Gasteiger partial charge in [0.1, 0.15) is 0 Å². The average molecular weight is 903 g/mol. The third-order valence-electron chi connectivity index (χ3n) is 7.53. The first kappa shape index (κ1) is 52.9. The Bertz CT molecular complexity index is 1130. The van der Waals surface area contributed by atoms with Crippen molar-refractivity contribution in [2.75, 3.05) is 42.7 Å². The monoisotopic (exact) mass is 902 g/mol. The predicted octanol–water partition coefficient (Wildman–Crippen LogP) is 8.58. The summed E-state index contributed by atoms with van der Waals surface area (Å²) in [6.07, 6.45) is -54.5. The Balaban J connectivity index is 7.01. The van der Waals surface area contributed by atoms with E-state index in [0.717, 1.165) is 42.7 Å². The Morgan fingerprint density at radius 1 is 0.389 bits per heavy atom. The number of halogens is 19. The molecule has 0 aromatic rings. The van der Waals surface area contributed by atoms with Crippen molar-refractivity contribution in [3.8, 4) is 0 Å². The molecule has 2 atom stereocenters. The first-order chi connectivity index (χ1) is 23.8. The Labute approximate surface area is 296 Å². The standard InChI is InChI=1S/C22H33F19O10Si3/c1-42-53(43-2,44-3)12-10-52(7,11-13-54(45-4,46-5)47-6)9-8-14(23,16(25,26)27)48-18(31,32)15(24,17(28,29)30)49-19(33,34)20(35,36)50-22(40,41)51-21(37,38)39/h8-13H2,1-7H3. The van der Waals surface area contributed by atoms with Crippen molar-refractivity contribution in [2.45, 2.75) is 98.2 Å². The van der Waals surface area contributed by atoms with Crippen molar-refractivity contribution in [2.24, 2.45) is 0 Å². The van der Waals surface area contributed by atoms with Crippen LogP contribution >= 0.6 is 0 Å². The van der Waals surface area contributed by atoms with Gasteiger partial charge in [-0.05, 0) is 0 Å². The Kier molecular flexibility index (Phi) is 17.5. The molecule has 0 radical (unpaired) electrons. The summed E-state index contributed by atoms with van der Waals surface area (Å²) in [7, 11) is -4.52. The first-order valence-electron chi connectivity index (χ1n) is 14.0. The lowest BCUT2D eigenvalue weighted by molar-refractivity contribution is -0.592. The van der Waals surface area contributed by atoms with Gasteiger partial charge in [0.25, 0.3) is 0 Å². The lowest BCUT2D eigenvalue weighted by atomic mass is 10.2. The van der Waals surface area contributed by atoms with E-state index in [9.17, 15) is 79.0 Å². The normalized spacial score (nSPS) is 17.4. The summed E-state index contributed by atoms with van der Waals surface area (Å²) < 4.78 is 298. The van der Waals surface area contributed by atoms with Crippen LogP contribution < -0.4 is 0 Å². The summed E-state index contributed by atoms with van der Waals surface area (Å²) in [4.78, 5) is 0. The van der Waals surface area contributed by atoms with Crippen LogP contribution in [-0.4, -0.2) is 123 Å². The van der Waals surface area contributed by atoms with Gasteiger partial charge in [0.2, 0.25) is 0 Å². The maximum Gasteiger partial charge on any atom is 0.529 e. The third kappa shape index (κ3) is 13.2. The molecular formula is C22H33F19O10Si3. The number of hydrogen-bond donors (Lipinski definition) is 0. The zero-order chi connectivity index (χ0) is 43.3. The number of ether oxygens (including phenoxy) is 4. The van der Waals surface area contributed by atoms with Crippen molar-refractivity contribution in [3.05, 3.63) is 0 Å². The lowest BCUT2D eigenvalue weighted by Gasteiger charge is -2.41. The molecule has 0 saturated carbocycles. The van der Waals surface area contributed by atoms with Crippen molar-refractivity contribution in [1.29, 1.82) is 0 Å². The van der Waals surface area contributed by atoms with Crippen LogP contribution in [0.25, 0.3) is 0 Å². The zero-order valence-electron chi connectivity index (χ0n) is 28.5. The molecule has 0 aliphatic heterocycles. The van der Waals surface area contributed by atoms with Crippen LogP contribution in [-0.2, 0) is 45.5 Å². The minimum Gasteiger partial charge on any atom is -0.377 e. The topological polar surface area (TPSA) is 92.3 Å². The van der Waals surface area contributed by atoms with Crippen LogP contribution in [0.15, 0.2) is 0 Å². The van der Waals surface area contributed by atoms with Gasteiger partial charge in [-0.2, -0.15) is 61.8 Å². The Morgan fingerprint density at radius 3 is 1.04 bits per heavy atom. The van der Waals surface area contributed by atoms with E-state index in [2.05, 4.69) is 4.74 Å². The number of alkyl halides is 19. The smallest absolute Gasteiger partial charge is 0.377 e. The molecular weight excluding hydrogens is 869 g/mol. The first-order valence-corrected chi connectivity index (χ1v) is 21.0. The molecule has 10 nitrogen and oxygen atoms in total. The summed E-state index contributed by atoms with van der Waals surface area (Å²) in [5, 5.41) is 0. The second-order valence-electron chi connectivity index (χ2n) is 11.1. The van der Waals surface area contributed by atoms with Gasteiger partial charge in [-0.25, -0.2) is 9.13 Å². The Hall–Kier alpha value is -1.08. The molecule has 0 heterocycles. The summed E-state index contributed by atoms with van der Waals surface area (Å²) in [6.45, 7) is 1.18. The molecule has 0 aromatic carbocycles.